The fourth-order valence-corrected chi connectivity index (χ4v) is 1.82. The molecular formula is C11H14F6N2O4. The van der Waals surface area contributed by atoms with E-state index in [9.17, 15) is 35.9 Å². The van der Waals surface area contributed by atoms with E-state index < -0.39 is 48.7 Å². The molecule has 0 saturated carbocycles. The van der Waals surface area contributed by atoms with Gasteiger partial charge in [-0.1, -0.05) is 0 Å². The Hall–Kier alpha value is -1.56. The summed E-state index contributed by atoms with van der Waals surface area (Å²) in [5, 5.41) is 0. The van der Waals surface area contributed by atoms with Crippen molar-refractivity contribution in [2.45, 2.75) is 44.1 Å². The van der Waals surface area contributed by atoms with Crippen LogP contribution >= 0.6 is 0 Å². The predicted octanol–water partition coefficient (Wildman–Crippen LogP) is 0.945. The largest absolute Gasteiger partial charge is 0.491 e. The second-order valence-electron chi connectivity index (χ2n) is 5.16. The lowest BCUT2D eigenvalue weighted by atomic mass is 9.99. The number of nitrogens with zero attached hydrogens (tertiary/aromatic N) is 1. The van der Waals surface area contributed by atoms with Crippen molar-refractivity contribution >= 4 is 11.9 Å². The fraction of sp³-hybridized carbons (Fsp3) is 0.818. The molecular weight excluding hydrogens is 338 g/mol. The first-order valence-electron chi connectivity index (χ1n) is 6.23. The van der Waals surface area contributed by atoms with Crippen LogP contribution < -0.4 is 5.73 Å². The molecule has 0 aliphatic carbocycles. The Morgan fingerprint density at radius 3 is 2.13 bits per heavy atom. The second kappa shape index (κ2) is 6.15. The highest BCUT2D eigenvalue weighted by Gasteiger charge is 2.51. The number of rotatable bonds is 4. The van der Waals surface area contributed by atoms with E-state index in [-0.39, 0.29) is 6.54 Å². The molecule has 0 bridgehead atoms. The molecule has 1 aliphatic heterocycles. The van der Waals surface area contributed by atoms with Crippen LogP contribution in [-0.4, -0.2) is 60.2 Å². The van der Waals surface area contributed by atoms with Gasteiger partial charge in [-0.15, -0.1) is 0 Å². The van der Waals surface area contributed by atoms with E-state index in [1.165, 1.54) is 6.92 Å². The summed E-state index contributed by atoms with van der Waals surface area (Å²) in [6.45, 7) is 0.235. The molecule has 12 heteroatoms. The summed E-state index contributed by atoms with van der Waals surface area (Å²) < 4.78 is 80.8. The summed E-state index contributed by atoms with van der Waals surface area (Å²) in [4.78, 5) is 23.5. The highest BCUT2D eigenvalue weighted by molar-refractivity contribution is 5.88. The van der Waals surface area contributed by atoms with Gasteiger partial charge in [0.15, 0.2) is 0 Å². The van der Waals surface area contributed by atoms with E-state index in [1.807, 2.05) is 0 Å². The van der Waals surface area contributed by atoms with Crippen LogP contribution in [0.25, 0.3) is 0 Å². The van der Waals surface area contributed by atoms with Crippen LogP contribution in [0.1, 0.15) is 13.8 Å². The topological polar surface area (TPSA) is 81.9 Å². The zero-order valence-corrected chi connectivity index (χ0v) is 12.0. The molecule has 1 heterocycles. The number of alkyl halides is 6. The van der Waals surface area contributed by atoms with Crippen LogP contribution in [-0.2, 0) is 19.1 Å². The Kier molecular flexibility index (Phi) is 5.21. The SMILES string of the molecule is C[C@H]1[C@H](OCC(F)(F)F)CN1C(=O)[C@](C)(N)OC(=O)C(F)(F)F. The summed E-state index contributed by atoms with van der Waals surface area (Å²) in [7, 11) is 0. The van der Waals surface area contributed by atoms with Gasteiger partial charge < -0.3 is 14.4 Å². The Bertz CT molecular complexity index is 476. The molecule has 1 rings (SSSR count). The molecule has 0 radical (unpaired) electrons. The monoisotopic (exact) mass is 352 g/mol. The first-order valence-corrected chi connectivity index (χ1v) is 6.23. The van der Waals surface area contributed by atoms with Gasteiger partial charge in [0.1, 0.15) is 6.61 Å². The fourth-order valence-electron chi connectivity index (χ4n) is 1.82. The van der Waals surface area contributed by atoms with Gasteiger partial charge >= 0.3 is 18.3 Å². The van der Waals surface area contributed by atoms with E-state index in [2.05, 4.69) is 9.47 Å². The van der Waals surface area contributed by atoms with E-state index in [0.717, 1.165) is 11.8 Å². The van der Waals surface area contributed by atoms with Crippen molar-refractivity contribution < 1.29 is 45.4 Å². The van der Waals surface area contributed by atoms with Crippen molar-refractivity contribution in [2.75, 3.05) is 13.2 Å². The third kappa shape index (κ3) is 4.96. The number of esters is 1. The summed E-state index contributed by atoms with van der Waals surface area (Å²) in [6.07, 6.45) is -10.8. The van der Waals surface area contributed by atoms with E-state index >= 15 is 0 Å². The van der Waals surface area contributed by atoms with Crippen LogP contribution in [0, 0.1) is 0 Å². The van der Waals surface area contributed by atoms with Crippen molar-refractivity contribution in [2.24, 2.45) is 5.73 Å². The molecule has 134 valence electrons. The minimum atomic E-state index is -5.33. The predicted molar refractivity (Wildman–Crippen MR) is 61.7 cm³/mol. The number of ether oxygens (including phenoxy) is 2. The van der Waals surface area contributed by atoms with Gasteiger partial charge in [0.2, 0.25) is 5.72 Å². The van der Waals surface area contributed by atoms with Gasteiger partial charge in [-0.25, -0.2) is 4.79 Å². The molecule has 0 unspecified atom stereocenters. The minimum absolute atomic E-state index is 0.313. The normalized spacial score (nSPS) is 24.7. The van der Waals surface area contributed by atoms with Crippen molar-refractivity contribution in [3.63, 3.8) is 0 Å². The van der Waals surface area contributed by atoms with Gasteiger partial charge in [-0.2, -0.15) is 26.3 Å². The lowest BCUT2D eigenvalue weighted by Crippen LogP contribution is -2.68. The Morgan fingerprint density at radius 2 is 1.74 bits per heavy atom. The number of amides is 1. The van der Waals surface area contributed by atoms with Gasteiger partial charge in [0.05, 0.1) is 12.1 Å². The summed E-state index contributed by atoms with van der Waals surface area (Å²) >= 11 is 0. The maximum atomic E-state index is 12.1. The lowest BCUT2D eigenvalue weighted by Gasteiger charge is -2.47. The molecule has 1 aliphatic rings. The maximum Gasteiger partial charge on any atom is 0.491 e. The molecule has 6 nitrogen and oxygen atoms in total. The molecule has 0 aromatic rings. The zero-order valence-electron chi connectivity index (χ0n) is 12.0. The van der Waals surface area contributed by atoms with Gasteiger partial charge in [-0.05, 0) is 13.8 Å². The van der Waals surface area contributed by atoms with Crippen LogP contribution in [0.3, 0.4) is 0 Å². The van der Waals surface area contributed by atoms with Gasteiger partial charge in [-0.3, -0.25) is 10.5 Å². The first kappa shape index (κ1) is 19.5. The molecule has 1 fully saturated rings. The lowest BCUT2D eigenvalue weighted by molar-refractivity contribution is -0.224. The molecule has 1 saturated heterocycles. The van der Waals surface area contributed by atoms with Crippen molar-refractivity contribution in [1.82, 2.24) is 4.90 Å². The Morgan fingerprint density at radius 1 is 1.22 bits per heavy atom. The van der Waals surface area contributed by atoms with Gasteiger partial charge in [0.25, 0.3) is 5.91 Å². The summed E-state index contributed by atoms with van der Waals surface area (Å²) in [6, 6.07) is -0.864. The van der Waals surface area contributed by atoms with E-state index in [1.54, 1.807) is 0 Å². The van der Waals surface area contributed by atoms with Crippen LogP contribution in [0.4, 0.5) is 26.3 Å². The standard InChI is InChI=1S/C11H14F6N2O4/c1-5-6(22-4-10(12,13)14)3-19(5)7(20)9(2,18)23-8(21)11(15,16)17/h5-6H,3-4,18H2,1-2H3/t5-,6+,9+/m0/s1. The molecule has 0 spiro atoms. The number of carbonyl (C=O) groups is 2. The van der Waals surface area contributed by atoms with Crippen LogP contribution in [0.2, 0.25) is 0 Å². The molecule has 1 amide bonds. The average molecular weight is 352 g/mol. The molecule has 23 heavy (non-hydrogen) atoms. The van der Waals surface area contributed by atoms with Crippen LogP contribution in [0.5, 0.6) is 0 Å². The second-order valence-corrected chi connectivity index (χ2v) is 5.16. The Labute approximate surface area is 126 Å². The third-order valence-corrected chi connectivity index (χ3v) is 3.09. The molecule has 0 aromatic heterocycles. The number of carbonyl (C=O) groups excluding carboxylic acids is 2. The minimum Gasteiger partial charge on any atom is -0.428 e. The third-order valence-electron chi connectivity index (χ3n) is 3.09. The van der Waals surface area contributed by atoms with E-state index in [4.69, 9.17) is 5.73 Å². The molecule has 0 aromatic carbocycles. The summed E-state index contributed by atoms with van der Waals surface area (Å²) in [5.41, 5.74) is 2.66. The quantitative estimate of drug-likeness (QED) is 0.463. The van der Waals surface area contributed by atoms with Crippen molar-refractivity contribution in [3.05, 3.63) is 0 Å². The number of nitrogens with two attached hydrogens (primary N) is 1. The van der Waals surface area contributed by atoms with Gasteiger partial charge in [0, 0.05) is 6.54 Å². The van der Waals surface area contributed by atoms with E-state index in [0.29, 0.717) is 0 Å². The smallest absolute Gasteiger partial charge is 0.428 e. The molecule has 3 atom stereocenters. The number of likely N-dealkylation sites (tertiary alicyclic amines) is 1. The van der Waals surface area contributed by atoms with Crippen molar-refractivity contribution in [1.29, 1.82) is 0 Å². The Balaban J connectivity index is 2.60. The first-order chi connectivity index (χ1) is 10.1. The zero-order chi connectivity index (χ0) is 18.2. The van der Waals surface area contributed by atoms with Crippen LogP contribution in [0.15, 0.2) is 0 Å². The molecule has 2 N–H and O–H groups in total. The number of hydrogen-bond donors (Lipinski definition) is 1. The number of halogens is 6. The maximum absolute atomic E-state index is 12.1. The highest BCUT2D eigenvalue weighted by atomic mass is 19.4. The number of hydrogen-bond acceptors (Lipinski definition) is 5. The average Bonchev–Trinajstić information content (AvgIpc) is 2.33. The van der Waals surface area contributed by atoms with Crippen molar-refractivity contribution in [3.8, 4) is 0 Å². The highest BCUT2D eigenvalue weighted by Crippen LogP contribution is 2.27. The summed E-state index contributed by atoms with van der Waals surface area (Å²) in [5.74, 6) is -3.82.